The van der Waals surface area contributed by atoms with E-state index in [9.17, 15) is 0 Å². The van der Waals surface area contributed by atoms with Gasteiger partial charge in [-0.2, -0.15) is 10.4 Å². The number of hydrogen-bond acceptors (Lipinski definition) is 4. The van der Waals surface area contributed by atoms with Crippen LogP contribution in [0.15, 0.2) is 30.6 Å². The van der Waals surface area contributed by atoms with Crippen molar-refractivity contribution in [2.75, 3.05) is 5.73 Å². The van der Waals surface area contributed by atoms with Crippen molar-refractivity contribution in [1.29, 1.82) is 5.26 Å². The fourth-order valence-electron chi connectivity index (χ4n) is 1.31. The molecule has 0 spiro atoms. The van der Waals surface area contributed by atoms with Crippen LogP contribution in [0.3, 0.4) is 0 Å². The normalized spacial score (nSPS) is 9.80. The van der Waals surface area contributed by atoms with Gasteiger partial charge in [0.25, 0.3) is 0 Å². The number of nitrogens with two attached hydrogens (primary N) is 1. The average Bonchev–Trinajstić information content (AvgIpc) is 2.65. The Morgan fingerprint density at radius 3 is 3.00 bits per heavy atom. The highest BCUT2D eigenvalue weighted by molar-refractivity contribution is 5.31. The van der Waals surface area contributed by atoms with Crippen LogP contribution < -0.4 is 5.73 Å². The first-order valence-electron chi connectivity index (χ1n) is 4.42. The van der Waals surface area contributed by atoms with Gasteiger partial charge >= 0.3 is 0 Å². The summed E-state index contributed by atoms with van der Waals surface area (Å²) in [7, 11) is 0. The molecule has 74 valence electrons. The molecule has 2 heterocycles. The molecule has 0 amide bonds. The second-order valence-corrected chi connectivity index (χ2v) is 3.06. The van der Waals surface area contributed by atoms with Crippen LogP contribution in [0.5, 0.6) is 0 Å². The predicted octanol–water partition coefficient (Wildman–Crippen LogP) is 0.780. The molecule has 2 aromatic rings. The highest BCUT2D eigenvalue weighted by Crippen LogP contribution is 2.07. The first-order valence-corrected chi connectivity index (χ1v) is 4.42. The molecule has 0 aliphatic heterocycles. The molecular weight excluding hydrogens is 190 g/mol. The first-order chi connectivity index (χ1) is 7.29. The second-order valence-electron chi connectivity index (χ2n) is 3.06. The van der Waals surface area contributed by atoms with Crippen LogP contribution in [0.25, 0.3) is 0 Å². The summed E-state index contributed by atoms with van der Waals surface area (Å²) < 4.78 is 1.67. The van der Waals surface area contributed by atoms with Crippen molar-refractivity contribution in [3.8, 4) is 6.07 Å². The maximum atomic E-state index is 8.83. The zero-order valence-corrected chi connectivity index (χ0v) is 7.96. The third-order valence-corrected chi connectivity index (χ3v) is 1.99. The van der Waals surface area contributed by atoms with Crippen LogP contribution in [-0.4, -0.2) is 14.8 Å². The molecular formula is C10H9N5. The van der Waals surface area contributed by atoms with Gasteiger partial charge in [-0.3, -0.25) is 4.68 Å². The van der Waals surface area contributed by atoms with Crippen LogP contribution in [0.4, 0.5) is 5.82 Å². The Balaban J connectivity index is 2.28. The molecule has 5 nitrogen and oxygen atoms in total. The summed E-state index contributed by atoms with van der Waals surface area (Å²) in [6.07, 6.45) is 3.36. The number of rotatable bonds is 2. The summed E-state index contributed by atoms with van der Waals surface area (Å²) in [5.74, 6) is 0.470. The van der Waals surface area contributed by atoms with Gasteiger partial charge in [0.15, 0.2) is 0 Å². The molecule has 2 aromatic heterocycles. The van der Waals surface area contributed by atoms with Gasteiger partial charge in [0.05, 0.1) is 6.54 Å². The van der Waals surface area contributed by atoms with E-state index in [1.165, 1.54) is 0 Å². The summed E-state index contributed by atoms with van der Waals surface area (Å²) >= 11 is 0. The van der Waals surface area contributed by atoms with E-state index >= 15 is 0 Å². The van der Waals surface area contributed by atoms with E-state index < -0.39 is 0 Å². The third-order valence-electron chi connectivity index (χ3n) is 1.99. The van der Waals surface area contributed by atoms with Gasteiger partial charge in [0.2, 0.25) is 0 Å². The fourth-order valence-corrected chi connectivity index (χ4v) is 1.31. The minimum absolute atomic E-state index is 0.423. The summed E-state index contributed by atoms with van der Waals surface area (Å²) in [4.78, 5) is 3.97. The molecule has 2 rings (SSSR count). The zero-order valence-electron chi connectivity index (χ0n) is 7.96. The smallest absolute Gasteiger partial charge is 0.145 e. The van der Waals surface area contributed by atoms with Gasteiger partial charge in [0.1, 0.15) is 17.6 Å². The SMILES string of the molecule is N#Cc1ncccc1Cn1ccc(N)n1. The molecule has 5 heteroatoms. The topological polar surface area (TPSA) is 80.5 Å². The second kappa shape index (κ2) is 3.80. The van der Waals surface area contributed by atoms with E-state index in [0.717, 1.165) is 5.56 Å². The van der Waals surface area contributed by atoms with Crippen molar-refractivity contribution < 1.29 is 0 Å². The number of nitrogens with zero attached hydrogens (tertiary/aromatic N) is 4. The molecule has 0 unspecified atom stereocenters. The van der Waals surface area contributed by atoms with Crippen molar-refractivity contribution in [1.82, 2.24) is 14.8 Å². The van der Waals surface area contributed by atoms with Gasteiger partial charge in [-0.15, -0.1) is 0 Å². The number of nitriles is 1. The van der Waals surface area contributed by atoms with Gasteiger partial charge in [-0.1, -0.05) is 6.07 Å². The predicted molar refractivity (Wildman–Crippen MR) is 54.7 cm³/mol. The van der Waals surface area contributed by atoms with Crippen molar-refractivity contribution in [3.05, 3.63) is 41.9 Å². The lowest BCUT2D eigenvalue weighted by atomic mass is 10.2. The molecule has 0 saturated heterocycles. The van der Waals surface area contributed by atoms with Crippen molar-refractivity contribution in [2.45, 2.75) is 6.54 Å². The minimum atomic E-state index is 0.423. The standard InChI is InChI=1S/C10H9N5/c11-6-9-8(2-1-4-13-9)7-15-5-3-10(12)14-15/h1-5H,7H2,(H2,12,14). The summed E-state index contributed by atoms with van der Waals surface area (Å²) in [5, 5.41) is 12.9. The maximum Gasteiger partial charge on any atom is 0.145 e. The van der Waals surface area contributed by atoms with Gasteiger partial charge in [-0.25, -0.2) is 4.98 Å². The Kier molecular flexibility index (Phi) is 2.33. The van der Waals surface area contributed by atoms with E-state index in [1.807, 2.05) is 12.1 Å². The van der Waals surface area contributed by atoms with Crippen LogP contribution in [0, 0.1) is 11.3 Å². The Morgan fingerprint density at radius 2 is 2.33 bits per heavy atom. The zero-order chi connectivity index (χ0) is 10.7. The largest absolute Gasteiger partial charge is 0.382 e. The summed E-state index contributed by atoms with van der Waals surface area (Å²) in [6, 6.07) is 7.40. The molecule has 0 aliphatic carbocycles. The molecule has 0 bridgehead atoms. The molecule has 2 N–H and O–H groups in total. The molecule has 0 saturated carbocycles. The minimum Gasteiger partial charge on any atom is -0.382 e. The number of pyridine rings is 1. The van der Waals surface area contributed by atoms with E-state index in [-0.39, 0.29) is 0 Å². The van der Waals surface area contributed by atoms with Crippen molar-refractivity contribution in [2.24, 2.45) is 0 Å². The number of anilines is 1. The molecule has 15 heavy (non-hydrogen) atoms. The van der Waals surface area contributed by atoms with Crippen LogP contribution in [0.1, 0.15) is 11.3 Å². The van der Waals surface area contributed by atoms with Crippen molar-refractivity contribution in [3.63, 3.8) is 0 Å². The van der Waals surface area contributed by atoms with Crippen LogP contribution >= 0.6 is 0 Å². The number of nitrogen functional groups attached to an aromatic ring is 1. The fraction of sp³-hybridized carbons (Fsp3) is 0.100. The van der Waals surface area contributed by atoms with Crippen LogP contribution in [-0.2, 0) is 6.54 Å². The lowest BCUT2D eigenvalue weighted by Crippen LogP contribution is -2.03. The quantitative estimate of drug-likeness (QED) is 0.775. The summed E-state index contributed by atoms with van der Waals surface area (Å²) in [5.41, 5.74) is 6.75. The lowest BCUT2D eigenvalue weighted by Gasteiger charge is -2.02. The van der Waals surface area contributed by atoms with E-state index in [2.05, 4.69) is 10.1 Å². The van der Waals surface area contributed by atoms with Gasteiger partial charge in [0, 0.05) is 18.0 Å². The number of aromatic nitrogens is 3. The van der Waals surface area contributed by atoms with E-state index in [4.69, 9.17) is 11.0 Å². The van der Waals surface area contributed by atoms with Crippen molar-refractivity contribution >= 4 is 5.82 Å². The number of hydrogen-bond donors (Lipinski definition) is 1. The Bertz CT molecular complexity index is 509. The van der Waals surface area contributed by atoms with E-state index in [0.29, 0.717) is 18.1 Å². The highest BCUT2D eigenvalue weighted by atomic mass is 15.3. The molecule has 0 radical (unpaired) electrons. The van der Waals surface area contributed by atoms with Gasteiger partial charge in [-0.05, 0) is 12.1 Å². The highest BCUT2D eigenvalue weighted by Gasteiger charge is 2.03. The molecule has 0 fully saturated rings. The third kappa shape index (κ3) is 1.94. The van der Waals surface area contributed by atoms with Crippen LogP contribution in [0.2, 0.25) is 0 Å². The molecule has 0 aromatic carbocycles. The average molecular weight is 199 g/mol. The lowest BCUT2D eigenvalue weighted by molar-refractivity contribution is 0.686. The molecule has 0 atom stereocenters. The Labute approximate surface area is 86.8 Å². The Morgan fingerprint density at radius 1 is 1.47 bits per heavy atom. The summed E-state index contributed by atoms with van der Waals surface area (Å²) in [6.45, 7) is 0.508. The molecule has 0 aliphatic rings. The maximum absolute atomic E-state index is 8.83. The first kappa shape index (κ1) is 9.21. The Hall–Kier alpha value is -2.35. The monoisotopic (exact) mass is 199 g/mol. The van der Waals surface area contributed by atoms with Gasteiger partial charge < -0.3 is 5.73 Å². The van der Waals surface area contributed by atoms with E-state index in [1.54, 1.807) is 29.2 Å².